The summed E-state index contributed by atoms with van der Waals surface area (Å²) in [5, 5.41) is 3.47. The van der Waals surface area contributed by atoms with Crippen molar-refractivity contribution < 1.29 is 9.47 Å². The van der Waals surface area contributed by atoms with Crippen molar-refractivity contribution in [2.75, 3.05) is 25.8 Å². The van der Waals surface area contributed by atoms with E-state index in [1.54, 1.807) is 7.11 Å². The molecule has 0 saturated heterocycles. The Morgan fingerprint density at radius 3 is 2.50 bits per heavy atom. The maximum atomic E-state index is 5.41. The van der Waals surface area contributed by atoms with Gasteiger partial charge in [0.1, 0.15) is 6.79 Å². The van der Waals surface area contributed by atoms with Crippen molar-refractivity contribution in [3.63, 3.8) is 0 Å². The van der Waals surface area contributed by atoms with Crippen LogP contribution in [-0.4, -0.2) is 20.4 Å². The summed E-state index contributed by atoms with van der Waals surface area (Å²) in [6.45, 7) is 1.78. The largest absolute Gasteiger partial charge is 0.384 e. The highest BCUT2D eigenvalue weighted by Crippen LogP contribution is 2.16. The smallest absolute Gasteiger partial charge is 0.146 e. The highest BCUT2D eigenvalue weighted by Gasteiger charge is 2.01. The van der Waals surface area contributed by atoms with Crippen LogP contribution in [0.15, 0.2) is 54.6 Å². The molecule has 0 saturated carbocycles. The summed E-state index contributed by atoms with van der Waals surface area (Å²) >= 11 is 0. The molecule has 0 bridgehead atoms. The van der Waals surface area contributed by atoms with Gasteiger partial charge >= 0.3 is 0 Å². The molecule has 0 fully saturated rings. The number of hydrogen-bond donors (Lipinski definition) is 1. The van der Waals surface area contributed by atoms with Gasteiger partial charge in [-0.1, -0.05) is 48.5 Å². The lowest BCUT2D eigenvalue weighted by molar-refractivity contribution is -0.0388. The average molecular weight is 271 g/mol. The first kappa shape index (κ1) is 14.6. The van der Waals surface area contributed by atoms with E-state index in [9.17, 15) is 0 Å². The van der Waals surface area contributed by atoms with E-state index in [4.69, 9.17) is 9.47 Å². The SMILES string of the molecule is COCOCc1ccccc1NCCc1ccccc1. The molecule has 0 radical (unpaired) electrons. The van der Waals surface area contributed by atoms with Gasteiger partial charge in [-0.25, -0.2) is 0 Å². The molecule has 0 amide bonds. The summed E-state index contributed by atoms with van der Waals surface area (Å²) in [6.07, 6.45) is 1.01. The normalized spacial score (nSPS) is 10.4. The van der Waals surface area contributed by atoms with E-state index < -0.39 is 0 Å². The third kappa shape index (κ3) is 4.68. The average Bonchev–Trinajstić information content (AvgIpc) is 2.50. The van der Waals surface area contributed by atoms with Crippen LogP contribution in [0, 0.1) is 0 Å². The molecule has 3 nitrogen and oxygen atoms in total. The fourth-order valence-electron chi connectivity index (χ4n) is 2.04. The second-order valence-corrected chi connectivity index (χ2v) is 4.57. The molecule has 0 aliphatic carbocycles. The third-order valence-corrected chi connectivity index (χ3v) is 3.05. The Bertz CT molecular complexity index is 499. The van der Waals surface area contributed by atoms with Crippen molar-refractivity contribution in [2.45, 2.75) is 13.0 Å². The molecule has 0 unspecified atom stereocenters. The van der Waals surface area contributed by atoms with Gasteiger partial charge < -0.3 is 14.8 Å². The highest BCUT2D eigenvalue weighted by atomic mass is 16.7. The van der Waals surface area contributed by atoms with Crippen molar-refractivity contribution in [1.82, 2.24) is 0 Å². The molecule has 0 heterocycles. The second-order valence-electron chi connectivity index (χ2n) is 4.57. The molecule has 106 valence electrons. The molecule has 0 aromatic heterocycles. The van der Waals surface area contributed by atoms with Crippen LogP contribution in [-0.2, 0) is 22.5 Å². The zero-order chi connectivity index (χ0) is 14.0. The number of methoxy groups -OCH3 is 1. The van der Waals surface area contributed by atoms with Crippen LogP contribution in [0.25, 0.3) is 0 Å². The summed E-state index contributed by atoms with van der Waals surface area (Å²) in [6, 6.07) is 18.7. The molecular weight excluding hydrogens is 250 g/mol. The zero-order valence-electron chi connectivity index (χ0n) is 11.8. The van der Waals surface area contributed by atoms with Crippen molar-refractivity contribution in [3.05, 3.63) is 65.7 Å². The minimum Gasteiger partial charge on any atom is -0.384 e. The molecule has 2 aromatic carbocycles. The first-order chi connectivity index (χ1) is 9.90. The van der Waals surface area contributed by atoms with Gasteiger partial charge in [0.25, 0.3) is 0 Å². The standard InChI is InChI=1S/C17H21NO2/c1-19-14-20-13-16-9-5-6-10-17(16)18-12-11-15-7-3-2-4-8-15/h2-10,18H,11-14H2,1H3. The van der Waals surface area contributed by atoms with Crippen LogP contribution in [0.1, 0.15) is 11.1 Å². The van der Waals surface area contributed by atoms with Crippen LogP contribution in [0.2, 0.25) is 0 Å². The molecule has 0 aliphatic rings. The minimum absolute atomic E-state index is 0.318. The summed E-state index contributed by atoms with van der Waals surface area (Å²) in [5.74, 6) is 0. The van der Waals surface area contributed by atoms with Crippen molar-refractivity contribution >= 4 is 5.69 Å². The minimum atomic E-state index is 0.318. The second kappa shape index (κ2) is 8.35. The monoisotopic (exact) mass is 271 g/mol. The van der Waals surface area contributed by atoms with Gasteiger partial charge in [0.05, 0.1) is 6.61 Å². The Balaban J connectivity index is 1.85. The number of para-hydroxylation sites is 1. The molecule has 3 heteroatoms. The number of nitrogens with one attached hydrogen (secondary N) is 1. The van der Waals surface area contributed by atoms with Crippen molar-refractivity contribution in [2.24, 2.45) is 0 Å². The van der Waals surface area contributed by atoms with E-state index in [1.807, 2.05) is 18.2 Å². The van der Waals surface area contributed by atoms with Gasteiger partial charge in [-0.05, 0) is 18.1 Å². The van der Waals surface area contributed by atoms with E-state index in [0.717, 1.165) is 24.2 Å². The van der Waals surface area contributed by atoms with Gasteiger partial charge in [-0.2, -0.15) is 0 Å². The fraction of sp³-hybridized carbons (Fsp3) is 0.294. The molecule has 20 heavy (non-hydrogen) atoms. The van der Waals surface area contributed by atoms with Crippen LogP contribution < -0.4 is 5.32 Å². The molecule has 0 spiro atoms. The number of rotatable bonds is 8. The van der Waals surface area contributed by atoms with E-state index in [1.165, 1.54) is 5.56 Å². The van der Waals surface area contributed by atoms with Crippen molar-refractivity contribution in [3.8, 4) is 0 Å². The Kier molecular flexibility index (Phi) is 6.08. The summed E-state index contributed by atoms with van der Waals surface area (Å²) in [7, 11) is 1.63. The predicted octanol–water partition coefficient (Wildman–Crippen LogP) is 3.46. The maximum absolute atomic E-state index is 5.41. The zero-order valence-corrected chi connectivity index (χ0v) is 11.8. The van der Waals surface area contributed by atoms with Crippen LogP contribution in [0.5, 0.6) is 0 Å². The number of ether oxygens (including phenoxy) is 2. The summed E-state index contributed by atoms with van der Waals surface area (Å²) in [4.78, 5) is 0. The topological polar surface area (TPSA) is 30.5 Å². The van der Waals surface area contributed by atoms with Crippen LogP contribution in [0.4, 0.5) is 5.69 Å². The van der Waals surface area contributed by atoms with Gasteiger partial charge in [0, 0.05) is 24.9 Å². The lowest BCUT2D eigenvalue weighted by Gasteiger charge is -2.12. The number of hydrogen-bond acceptors (Lipinski definition) is 3. The predicted molar refractivity (Wildman–Crippen MR) is 81.7 cm³/mol. The van der Waals surface area contributed by atoms with Crippen LogP contribution >= 0.6 is 0 Å². The van der Waals surface area contributed by atoms with E-state index in [2.05, 4.69) is 41.7 Å². The first-order valence-electron chi connectivity index (χ1n) is 6.82. The van der Waals surface area contributed by atoms with Crippen LogP contribution in [0.3, 0.4) is 0 Å². The first-order valence-corrected chi connectivity index (χ1v) is 6.82. The third-order valence-electron chi connectivity index (χ3n) is 3.05. The van der Waals surface area contributed by atoms with E-state index in [-0.39, 0.29) is 0 Å². The van der Waals surface area contributed by atoms with Gasteiger partial charge in [0.15, 0.2) is 0 Å². The number of benzene rings is 2. The van der Waals surface area contributed by atoms with Gasteiger partial charge in [-0.3, -0.25) is 0 Å². The summed E-state index contributed by atoms with van der Waals surface area (Å²) < 4.78 is 10.3. The molecule has 2 aromatic rings. The van der Waals surface area contributed by atoms with Gasteiger partial charge in [-0.15, -0.1) is 0 Å². The molecule has 1 N–H and O–H groups in total. The Labute approximate surface area is 120 Å². The maximum Gasteiger partial charge on any atom is 0.146 e. The highest BCUT2D eigenvalue weighted by molar-refractivity contribution is 5.50. The van der Waals surface area contributed by atoms with Crippen molar-refractivity contribution in [1.29, 1.82) is 0 Å². The molecular formula is C17H21NO2. The Morgan fingerprint density at radius 1 is 0.950 bits per heavy atom. The van der Waals surface area contributed by atoms with E-state index >= 15 is 0 Å². The lowest BCUT2D eigenvalue weighted by Crippen LogP contribution is -2.08. The Morgan fingerprint density at radius 2 is 1.70 bits per heavy atom. The van der Waals surface area contributed by atoms with Gasteiger partial charge in [0.2, 0.25) is 0 Å². The molecule has 2 rings (SSSR count). The number of anilines is 1. The molecule has 0 atom stereocenters. The summed E-state index contributed by atoms with van der Waals surface area (Å²) in [5.41, 5.74) is 3.62. The quantitative estimate of drug-likeness (QED) is 0.589. The Hall–Kier alpha value is -1.84. The van der Waals surface area contributed by atoms with E-state index in [0.29, 0.717) is 13.4 Å². The fourth-order valence-corrected chi connectivity index (χ4v) is 2.04. The lowest BCUT2D eigenvalue weighted by atomic mass is 10.1. The molecule has 0 aliphatic heterocycles.